The molecule has 1 aliphatic rings. The quantitative estimate of drug-likeness (QED) is 0.587. The molecule has 0 unspecified atom stereocenters. The summed E-state index contributed by atoms with van der Waals surface area (Å²) in [7, 11) is 0. The Bertz CT molecular complexity index is 1010. The highest BCUT2D eigenvalue weighted by molar-refractivity contribution is 7.11. The van der Waals surface area contributed by atoms with Gasteiger partial charge in [0.05, 0.1) is 17.1 Å². The minimum absolute atomic E-state index is 0.0322. The molecule has 7 heteroatoms. The second-order valence-corrected chi connectivity index (χ2v) is 6.51. The van der Waals surface area contributed by atoms with Crippen LogP contribution >= 0.6 is 11.3 Å². The summed E-state index contributed by atoms with van der Waals surface area (Å²) in [6.45, 7) is 0.719. The van der Waals surface area contributed by atoms with Crippen LogP contribution < -0.4 is 11.0 Å². The Hall–Kier alpha value is -2.80. The summed E-state index contributed by atoms with van der Waals surface area (Å²) in [6.07, 6.45) is 3.33. The van der Waals surface area contributed by atoms with Crippen LogP contribution in [-0.2, 0) is 13.0 Å². The van der Waals surface area contributed by atoms with Crippen molar-refractivity contribution in [3.8, 4) is 0 Å². The van der Waals surface area contributed by atoms with Gasteiger partial charge in [-0.1, -0.05) is 6.07 Å². The maximum Gasteiger partial charge on any atom is 0.271 e. The van der Waals surface area contributed by atoms with Crippen molar-refractivity contribution in [2.24, 2.45) is 5.10 Å². The first-order chi connectivity index (χ1) is 11.7. The third kappa shape index (κ3) is 2.63. The molecule has 3 heterocycles. The van der Waals surface area contributed by atoms with Crippen molar-refractivity contribution in [2.75, 3.05) is 0 Å². The van der Waals surface area contributed by atoms with Gasteiger partial charge in [-0.05, 0) is 36.1 Å². The molecule has 0 aliphatic carbocycles. The first kappa shape index (κ1) is 14.8. The Morgan fingerprint density at radius 1 is 1.38 bits per heavy atom. The van der Waals surface area contributed by atoms with Crippen molar-refractivity contribution in [3.63, 3.8) is 0 Å². The molecule has 1 amide bonds. The normalized spacial score (nSPS) is 13.5. The van der Waals surface area contributed by atoms with E-state index in [0.717, 1.165) is 30.1 Å². The second-order valence-electron chi connectivity index (χ2n) is 5.53. The van der Waals surface area contributed by atoms with Gasteiger partial charge in [0.1, 0.15) is 5.82 Å². The van der Waals surface area contributed by atoms with Crippen molar-refractivity contribution >= 4 is 34.4 Å². The van der Waals surface area contributed by atoms with Gasteiger partial charge < -0.3 is 0 Å². The lowest BCUT2D eigenvalue weighted by Crippen LogP contribution is -2.22. The smallest absolute Gasteiger partial charge is 0.271 e. The van der Waals surface area contributed by atoms with Gasteiger partial charge in [0.15, 0.2) is 0 Å². The van der Waals surface area contributed by atoms with E-state index >= 15 is 0 Å². The van der Waals surface area contributed by atoms with Crippen LogP contribution in [-0.4, -0.2) is 21.7 Å². The van der Waals surface area contributed by atoms with E-state index in [-0.39, 0.29) is 11.5 Å². The lowest BCUT2D eigenvalue weighted by Gasteiger charge is -2.06. The first-order valence-electron chi connectivity index (χ1n) is 7.63. The molecule has 3 aromatic rings. The fraction of sp³-hybridized carbons (Fsp3) is 0.176. The standard InChI is InChI=1S/C17H14N4O2S/c22-16(20-18-10-12-3-2-8-24-12)11-5-6-13-14(9-11)19-15-4-1-7-21(15)17(13)23/h2-3,5-6,8-10H,1,4,7H2,(H,20,22)/b18-10-. The predicted molar refractivity (Wildman–Crippen MR) is 93.7 cm³/mol. The number of aromatic nitrogens is 2. The van der Waals surface area contributed by atoms with Crippen molar-refractivity contribution in [1.82, 2.24) is 15.0 Å². The summed E-state index contributed by atoms with van der Waals surface area (Å²) >= 11 is 1.54. The number of carbonyl (C=O) groups is 1. The molecule has 0 saturated heterocycles. The molecule has 1 N–H and O–H groups in total. The van der Waals surface area contributed by atoms with E-state index in [2.05, 4.69) is 15.5 Å². The van der Waals surface area contributed by atoms with E-state index in [9.17, 15) is 9.59 Å². The van der Waals surface area contributed by atoms with Crippen molar-refractivity contribution in [2.45, 2.75) is 19.4 Å². The summed E-state index contributed by atoms with van der Waals surface area (Å²) < 4.78 is 1.72. The largest absolute Gasteiger partial charge is 0.296 e. The van der Waals surface area contributed by atoms with Crippen molar-refractivity contribution < 1.29 is 4.79 Å². The van der Waals surface area contributed by atoms with Gasteiger partial charge >= 0.3 is 0 Å². The van der Waals surface area contributed by atoms with Crippen LogP contribution in [0.4, 0.5) is 0 Å². The highest BCUT2D eigenvalue weighted by Gasteiger charge is 2.16. The van der Waals surface area contributed by atoms with Gasteiger partial charge in [0, 0.05) is 23.4 Å². The first-order valence-corrected chi connectivity index (χ1v) is 8.51. The van der Waals surface area contributed by atoms with Gasteiger partial charge in [0.25, 0.3) is 11.5 Å². The monoisotopic (exact) mass is 338 g/mol. The molecule has 0 fully saturated rings. The lowest BCUT2D eigenvalue weighted by atomic mass is 10.1. The topological polar surface area (TPSA) is 76.3 Å². The molecule has 4 rings (SSSR count). The summed E-state index contributed by atoms with van der Waals surface area (Å²) in [5.74, 6) is 0.466. The van der Waals surface area contributed by atoms with Gasteiger partial charge in [-0.25, -0.2) is 10.4 Å². The maximum atomic E-state index is 12.4. The van der Waals surface area contributed by atoms with Crippen molar-refractivity contribution in [1.29, 1.82) is 0 Å². The lowest BCUT2D eigenvalue weighted by molar-refractivity contribution is 0.0955. The average Bonchev–Trinajstić information content (AvgIpc) is 3.26. The summed E-state index contributed by atoms with van der Waals surface area (Å²) in [6, 6.07) is 8.76. The van der Waals surface area contributed by atoms with Crippen LogP contribution in [0.5, 0.6) is 0 Å². The zero-order chi connectivity index (χ0) is 16.5. The minimum atomic E-state index is -0.327. The zero-order valence-electron chi connectivity index (χ0n) is 12.7. The number of hydrogen-bond acceptors (Lipinski definition) is 5. The van der Waals surface area contributed by atoms with Gasteiger partial charge in [-0.15, -0.1) is 11.3 Å². The van der Waals surface area contributed by atoms with Crippen LogP contribution in [0.1, 0.15) is 27.5 Å². The van der Waals surface area contributed by atoms with E-state index in [1.165, 1.54) is 11.3 Å². The number of hydrazone groups is 1. The van der Waals surface area contributed by atoms with E-state index in [1.807, 2.05) is 17.5 Å². The van der Waals surface area contributed by atoms with E-state index in [4.69, 9.17) is 0 Å². The molecular formula is C17H14N4O2S. The number of hydrogen-bond donors (Lipinski definition) is 1. The molecule has 0 spiro atoms. The van der Waals surface area contributed by atoms with Crippen LogP contribution in [0.15, 0.2) is 45.6 Å². The molecule has 1 aliphatic heterocycles. The van der Waals surface area contributed by atoms with E-state index in [1.54, 1.807) is 29.0 Å². The Morgan fingerprint density at radius 2 is 2.29 bits per heavy atom. The Balaban J connectivity index is 1.62. The summed E-state index contributed by atoms with van der Waals surface area (Å²) in [5.41, 5.74) is 3.45. The fourth-order valence-corrected chi connectivity index (χ4v) is 3.39. The number of rotatable bonds is 3. The molecule has 2 aromatic heterocycles. The molecule has 1 aromatic carbocycles. The molecule has 6 nitrogen and oxygen atoms in total. The number of aryl methyl sites for hydroxylation is 1. The number of nitrogens with zero attached hydrogens (tertiary/aromatic N) is 3. The zero-order valence-corrected chi connectivity index (χ0v) is 13.5. The highest BCUT2D eigenvalue weighted by Crippen LogP contribution is 2.16. The number of thiophene rings is 1. The third-order valence-electron chi connectivity index (χ3n) is 3.98. The van der Waals surface area contributed by atoms with Crippen LogP contribution in [0, 0.1) is 0 Å². The van der Waals surface area contributed by atoms with Crippen molar-refractivity contribution in [3.05, 3.63) is 62.3 Å². The average molecular weight is 338 g/mol. The third-order valence-corrected chi connectivity index (χ3v) is 4.79. The molecule has 0 bridgehead atoms. The molecule has 120 valence electrons. The van der Waals surface area contributed by atoms with E-state index < -0.39 is 0 Å². The maximum absolute atomic E-state index is 12.4. The molecular weight excluding hydrogens is 324 g/mol. The second kappa shape index (κ2) is 6.01. The van der Waals surface area contributed by atoms with Gasteiger partial charge in [-0.2, -0.15) is 5.10 Å². The fourth-order valence-electron chi connectivity index (χ4n) is 2.81. The SMILES string of the molecule is O=C(N/N=C\c1cccs1)c1ccc2c(=O)n3c(nc2c1)CCC3. The molecule has 0 atom stereocenters. The van der Waals surface area contributed by atoms with Gasteiger partial charge in [-0.3, -0.25) is 14.2 Å². The van der Waals surface area contributed by atoms with E-state index in [0.29, 0.717) is 16.5 Å². The Morgan fingerprint density at radius 3 is 3.12 bits per heavy atom. The number of amides is 1. The predicted octanol–water partition coefficient (Wildman–Crippen LogP) is 2.17. The molecule has 0 radical (unpaired) electrons. The number of carbonyl (C=O) groups excluding carboxylic acids is 1. The minimum Gasteiger partial charge on any atom is -0.296 e. The van der Waals surface area contributed by atoms with Crippen LogP contribution in [0.25, 0.3) is 10.9 Å². The molecule has 0 saturated carbocycles. The van der Waals surface area contributed by atoms with Crippen LogP contribution in [0.2, 0.25) is 0 Å². The summed E-state index contributed by atoms with van der Waals surface area (Å²) in [4.78, 5) is 30.1. The number of fused-ring (bicyclic) bond motifs is 2. The summed E-state index contributed by atoms with van der Waals surface area (Å²) in [5, 5.41) is 6.43. The molecule has 24 heavy (non-hydrogen) atoms. The highest BCUT2D eigenvalue weighted by atomic mass is 32.1. The van der Waals surface area contributed by atoms with Crippen LogP contribution in [0.3, 0.4) is 0 Å². The number of nitrogens with one attached hydrogen (secondary N) is 1. The number of benzene rings is 1. The Labute approximate surface area is 141 Å². The van der Waals surface area contributed by atoms with Gasteiger partial charge in [0.2, 0.25) is 0 Å². The Kier molecular flexibility index (Phi) is 3.70.